The van der Waals surface area contributed by atoms with Gasteiger partial charge in [0.25, 0.3) is 10.1 Å². The molecule has 1 heterocycles. The van der Waals surface area contributed by atoms with Gasteiger partial charge in [0.15, 0.2) is 0 Å². The van der Waals surface area contributed by atoms with E-state index >= 15 is 0 Å². The van der Waals surface area contributed by atoms with E-state index in [-0.39, 0.29) is 10.9 Å². The summed E-state index contributed by atoms with van der Waals surface area (Å²) in [6.45, 7) is 3.82. The fourth-order valence-corrected chi connectivity index (χ4v) is 2.65. The van der Waals surface area contributed by atoms with Gasteiger partial charge in [0.2, 0.25) is 5.96 Å². The number of nitrogens with one attached hydrogen (secondary N) is 1. The van der Waals surface area contributed by atoms with E-state index in [1.54, 1.807) is 35.2 Å². The Labute approximate surface area is 144 Å². The largest absolute Gasteiger partial charge is 0.367 e. The Kier molecular flexibility index (Phi) is 7.52. The molecular formula is C14H18N4O4S2. The average molecular weight is 370 g/mol. The predicted octanol–water partition coefficient (Wildman–Crippen LogP) is 1.93. The molecule has 1 aromatic heterocycles. The Balaban J connectivity index is 0.000000243. The molecule has 2 rings (SSSR count). The number of hydrogen-bond acceptors (Lipinski definition) is 6. The molecule has 0 aliphatic heterocycles. The Hall–Kier alpha value is -2.27. The Morgan fingerprint density at radius 2 is 1.88 bits per heavy atom. The van der Waals surface area contributed by atoms with Crippen molar-refractivity contribution in [2.24, 2.45) is 15.9 Å². The maximum atomic E-state index is 10.5. The summed E-state index contributed by atoms with van der Waals surface area (Å²) in [5.74, 6) is -0.134. The van der Waals surface area contributed by atoms with Crippen molar-refractivity contribution in [2.45, 2.75) is 18.7 Å². The van der Waals surface area contributed by atoms with Crippen molar-refractivity contribution in [1.29, 1.82) is 0 Å². The van der Waals surface area contributed by atoms with Crippen LogP contribution >= 0.6 is 11.3 Å². The lowest BCUT2D eigenvalue weighted by atomic mass is 10.2. The molecule has 0 radical (unpaired) electrons. The molecule has 24 heavy (non-hydrogen) atoms. The van der Waals surface area contributed by atoms with Crippen LogP contribution in [0.4, 0.5) is 0 Å². The van der Waals surface area contributed by atoms with Crippen LogP contribution in [0.1, 0.15) is 16.0 Å². The molecule has 0 fully saturated rings. The van der Waals surface area contributed by atoms with E-state index in [2.05, 4.69) is 10.2 Å². The second kappa shape index (κ2) is 9.13. The summed E-state index contributed by atoms with van der Waals surface area (Å²) in [4.78, 5) is 0.956. The van der Waals surface area contributed by atoms with Crippen LogP contribution in [-0.2, 0) is 10.1 Å². The Morgan fingerprint density at radius 1 is 1.25 bits per heavy atom. The summed E-state index contributed by atoms with van der Waals surface area (Å²) in [6.07, 6.45) is 1.59. The molecule has 0 atom stereocenters. The van der Waals surface area contributed by atoms with E-state index in [9.17, 15) is 8.42 Å². The summed E-state index contributed by atoms with van der Waals surface area (Å²) in [5, 5.41) is 17.4. The molecule has 10 heteroatoms. The molecule has 0 bridgehead atoms. The Morgan fingerprint density at radius 3 is 2.33 bits per heavy atom. The monoisotopic (exact) mass is 370 g/mol. The van der Waals surface area contributed by atoms with E-state index in [0.717, 1.165) is 16.0 Å². The third-order valence-corrected chi connectivity index (χ3v) is 4.50. The van der Waals surface area contributed by atoms with Gasteiger partial charge in [0.1, 0.15) is 0 Å². The summed E-state index contributed by atoms with van der Waals surface area (Å²) < 4.78 is 29.6. The molecule has 0 saturated carbocycles. The summed E-state index contributed by atoms with van der Waals surface area (Å²) in [5.41, 5.74) is 8.90. The summed E-state index contributed by atoms with van der Waals surface area (Å²) in [7, 11) is -4.02. The lowest BCUT2D eigenvalue weighted by molar-refractivity contribution is 0.232. The highest BCUT2D eigenvalue weighted by Crippen LogP contribution is 2.12. The van der Waals surface area contributed by atoms with Crippen molar-refractivity contribution in [3.63, 3.8) is 0 Å². The number of benzene rings is 1. The molecule has 0 aliphatic rings. The van der Waals surface area contributed by atoms with Crippen LogP contribution in [0.3, 0.4) is 0 Å². The van der Waals surface area contributed by atoms with E-state index < -0.39 is 10.1 Å². The highest BCUT2D eigenvalue weighted by atomic mass is 32.2. The van der Waals surface area contributed by atoms with Crippen LogP contribution in [-0.4, -0.2) is 30.4 Å². The van der Waals surface area contributed by atoms with Crippen LogP contribution in [0.2, 0.25) is 0 Å². The number of rotatable bonds is 3. The van der Waals surface area contributed by atoms with Crippen molar-refractivity contribution < 1.29 is 18.2 Å². The molecule has 0 unspecified atom stereocenters. The Bertz CT molecular complexity index is 812. The van der Waals surface area contributed by atoms with Crippen LogP contribution in [0.25, 0.3) is 0 Å². The topological polar surface area (TPSA) is 137 Å². The summed E-state index contributed by atoms with van der Waals surface area (Å²) in [6, 6.07) is 7.98. The third-order valence-electron chi connectivity index (χ3n) is 2.68. The minimum atomic E-state index is -4.02. The van der Waals surface area contributed by atoms with E-state index in [1.807, 2.05) is 25.3 Å². The smallest absolute Gasteiger partial charge is 0.294 e. The zero-order valence-corrected chi connectivity index (χ0v) is 14.7. The fraction of sp³-hybridized carbons (Fsp3) is 0.143. The molecule has 0 spiro atoms. The first-order valence-electron chi connectivity index (χ1n) is 6.59. The molecule has 0 aliphatic carbocycles. The second-order valence-electron chi connectivity index (χ2n) is 4.60. The second-order valence-corrected chi connectivity index (χ2v) is 6.97. The number of hydroxylamine groups is 1. The van der Waals surface area contributed by atoms with Gasteiger partial charge in [-0.1, -0.05) is 17.7 Å². The predicted molar refractivity (Wildman–Crippen MR) is 94.2 cm³/mol. The standard InChI is InChI=1S/C7H10N4OS.C7H8O3S/c1-5-2-3-13-6(5)4-9-10-7(8)11-12;1-6-2-4-7(5-3-6)11(8,9)10/h2-4,12H,1H3,(H3,8,10,11);2-5H,1H3,(H,8,9,10)/b9-4+;. The number of aryl methyl sites for hydroxylation is 2. The SMILES string of the molecule is Cc1ccc(S(=O)(=O)O)cc1.Cc1ccsc1/C=N/N=C(\N)NO. The third kappa shape index (κ3) is 6.87. The van der Waals surface area contributed by atoms with Gasteiger partial charge in [-0.3, -0.25) is 9.76 Å². The van der Waals surface area contributed by atoms with Gasteiger partial charge in [-0.25, -0.2) is 5.48 Å². The fourth-order valence-electron chi connectivity index (χ4n) is 1.39. The van der Waals surface area contributed by atoms with Gasteiger partial charge in [0.05, 0.1) is 16.0 Å². The normalized spacial score (nSPS) is 11.9. The van der Waals surface area contributed by atoms with Crippen molar-refractivity contribution >= 4 is 33.6 Å². The maximum Gasteiger partial charge on any atom is 0.294 e. The van der Waals surface area contributed by atoms with Crippen molar-refractivity contribution in [2.75, 3.05) is 0 Å². The van der Waals surface area contributed by atoms with Gasteiger partial charge in [-0.05, 0) is 43.0 Å². The first-order valence-corrected chi connectivity index (χ1v) is 8.91. The molecule has 1 aromatic carbocycles. The molecule has 130 valence electrons. The zero-order valence-electron chi connectivity index (χ0n) is 13.0. The first kappa shape index (κ1) is 19.8. The lowest BCUT2D eigenvalue weighted by Crippen LogP contribution is -2.27. The minimum Gasteiger partial charge on any atom is -0.367 e. The maximum absolute atomic E-state index is 10.5. The number of guanidine groups is 1. The van der Waals surface area contributed by atoms with E-state index in [0.29, 0.717) is 0 Å². The molecular weight excluding hydrogens is 352 g/mol. The van der Waals surface area contributed by atoms with Gasteiger partial charge in [-0.2, -0.15) is 13.5 Å². The first-order chi connectivity index (χ1) is 11.2. The van der Waals surface area contributed by atoms with Gasteiger partial charge >= 0.3 is 0 Å². The average Bonchev–Trinajstić information content (AvgIpc) is 2.92. The van der Waals surface area contributed by atoms with Crippen LogP contribution in [0.5, 0.6) is 0 Å². The quantitative estimate of drug-likeness (QED) is 0.282. The van der Waals surface area contributed by atoms with E-state index in [4.69, 9.17) is 15.5 Å². The summed E-state index contributed by atoms with van der Waals surface area (Å²) >= 11 is 1.57. The van der Waals surface area contributed by atoms with Crippen molar-refractivity contribution in [3.8, 4) is 0 Å². The van der Waals surface area contributed by atoms with E-state index in [1.165, 1.54) is 12.1 Å². The van der Waals surface area contributed by atoms with Gasteiger partial charge in [-0.15, -0.1) is 16.4 Å². The van der Waals surface area contributed by atoms with Gasteiger partial charge < -0.3 is 5.73 Å². The number of nitrogens with two attached hydrogens (primary N) is 1. The number of hydrogen-bond donors (Lipinski definition) is 4. The number of thiophene rings is 1. The van der Waals surface area contributed by atoms with Gasteiger partial charge in [0, 0.05) is 0 Å². The van der Waals surface area contributed by atoms with Crippen LogP contribution < -0.4 is 11.2 Å². The van der Waals surface area contributed by atoms with Crippen molar-refractivity contribution in [3.05, 3.63) is 51.7 Å². The molecule has 2 aromatic rings. The molecule has 8 nitrogen and oxygen atoms in total. The molecule has 5 N–H and O–H groups in total. The zero-order chi connectivity index (χ0) is 18.2. The lowest BCUT2D eigenvalue weighted by Gasteiger charge is -1.95. The minimum absolute atomic E-state index is 0.0666. The highest BCUT2D eigenvalue weighted by Gasteiger charge is 2.06. The highest BCUT2D eigenvalue weighted by molar-refractivity contribution is 7.85. The van der Waals surface area contributed by atoms with Crippen LogP contribution in [0, 0.1) is 13.8 Å². The van der Waals surface area contributed by atoms with Crippen molar-refractivity contribution in [1.82, 2.24) is 5.48 Å². The number of nitrogens with zero attached hydrogens (tertiary/aromatic N) is 2. The molecule has 0 saturated heterocycles. The molecule has 0 amide bonds. The van der Waals surface area contributed by atoms with Crippen LogP contribution in [0.15, 0.2) is 50.8 Å².